The molecule has 0 aliphatic carbocycles. The topological polar surface area (TPSA) is 110 Å². The van der Waals surface area contributed by atoms with E-state index in [0.29, 0.717) is 11.5 Å². The Morgan fingerprint density at radius 2 is 2.13 bits per heavy atom. The van der Waals surface area contributed by atoms with Crippen LogP contribution in [-0.2, 0) is 6.42 Å². The third-order valence-electron chi connectivity index (χ3n) is 1.67. The molecule has 0 unspecified atom stereocenters. The summed E-state index contributed by atoms with van der Waals surface area (Å²) < 4.78 is 1.35. The van der Waals surface area contributed by atoms with E-state index in [1.807, 2.05) is 0 Å². The van der Waals surface area contributed by atoms with Gasteiger partial charge in [-0.2, -0.15) is 4.68 Å². The van der Waals surface area contributed by atoms with Crippen LogP contribution in [0.25, 0.3) is 5.82 Å². The molecule has 0 aliphatic rings. The largest absolute Gasteiger partial charge is 0.368 e. The Kier molecular flexibility index (Phi) is 2.61. The second-order valence-electron chi connectivity index (χ2n) is 2.81. The van der Waals surface area contributed by atoms with Crippen molar-refractivity contribution in [1.29, 1.82) is 0 Å². The van der Waals surface area contributed by atoms with Gasteiger partial charge >= 0.3 is 0 Å². The van der Waals surface area contributed by atoms with E-state index in [1.165, 1.54) is 23.4 Å². The van der Waals surface area contributed by atoms with Crippen LogP contribution in [0.2, 0.25) is 0 Å². The van der Waals surface area contributed by atoms with Crippen LogP contribution in [0.5, 0.6) is 0 Å². The predicted octanol–water partition coefficient (Wildman–Crippen LogP) is -1.69. The molecule has 2 heterocycles. The fourth-order valence-corrected chi connectivity index (χ4v) is 1.02. The molecular weight excluding hydrogens is 200 g/mol. The predicted molar refractivity (Wildman–Crippen MR) is 46.7 cm³/mol. The third kappa shape index (κ3) is 2.30. The highest BCUT2D eigenvalue weighted by molar-refractivity contribution is 5.15. The van der Waals surface area contributed by atoms with E-state index in [0.717, 1.165) is 0 Å². The molecule has 0 bridgehead atoms. The molecule has 2 rings (SSSR count). The molecule has 0 amide bonds. The number of aliphatic hydroxyl groups is 2. The quantitative estimate of drug-likeness (QED) is 0.579. The summed E-state index contributed by atoms with van der Waals surface area (Å²) in [7, 11) is 0. The van der Waals surface area contributed by atoms with Gasteiger partial charge in [-0.15, -0.1) is 5.10 Å². The van der Waals surface area contributed by atoms with Crippen LogP contribution >= 0.6 is 0 Å². The van der Waals surface area contributed by atoms with Gasteiger partial charge in [0.25, 0.3) is 0 Å². The molecule has 0 radical (unpaired) electrons. The van der Waals surface area contributed by atoms with Gasteiger partial charge in [0.15, 0.2) is 12.1 Å². The van der Waals surface area contributed by atoms with Gasteiger partial charge in [-0.3, -0.25) is 4.98 Å². The maximum Gasteiger partial charge on any atom is 0.175 e. The lowest BCUT2D eigenvalue weighted by Gasteiger charge is -2.02. The first-order valence-corrected chi connectivity index (χ1v) is 4.16. The van der Waals surface area contributed by atoms with Crippen LogP contribution in [0.4, 0.5) is 0 Å². The molecule has 2 N–H and O–H groups in total. The minimum absolute atomic E-state index is 0.0445. The van der Waals surface area contributed by atoms with Crippen molar-refractivity contribution in [1.82, 2.24) is 30.2 Å². The Balaban J connectivity index is 2.17. The highest BCUT2D eigenvalue weighted by Gasteiger charge is 2.04. The van der Waals surface area contributed by atoms with Crippen molar-refractivity contribution < 1.29 is 10.2 Å². The van der Waals surface area contributed by atoms with E-state index in [2.05, 4.69) is 25.5 Å². The summed E-state index contributed by atoms with van der Waals surface area (Å²) in [5.74, 6) is 0.469. The fourth-order valence-electron chi connectivity index (χ4n) is 1.02. The van der Waals surface area contributed by atoms with E-state index >= 15 is 0 Å². The standard InChI is InChI=1S/C7H8N6O2/c14-7(15)1-5-2-9-6(3-8-5)13-4-10-11-12-13/h2-4,7,14-15H,1H2. The third-order valence-corrected chi connectivity index (χ3v) is 1.67. The SMILES string of the molecule is OC(O)Cc1cnc(-n2cnnn2)cn1. The monoisotopic (exact) mass is 208 g/mol. The zero-order valence-electron chi connectivity index (χ0n) is 7.59. The second kappa shape index (κ2) is 4.07. The van der Waals surface area contributed by atoms with Gasteiger partial charge in [0.1, 0.15) is 6.33 Å². The van der Waals surface area contributed by atoms with Gasteiger partial charge in [0, 0.05) is 6.42 Å². The Hall–Kier alpha value is -1.93. The molecule has 0 atom stereocenters. The van der Waals surface area contributed by atoms with Crippen molar-refractivity contribution >= 4 is 0 Å². The van der Waals surface area contributed by atoms with Crippen LogP contribution in [0.1, 0.15) is 5.69 Å². The van der Waals surface area contributed by atoms with Gasteiger partial charge in [0.05, 0.1) is 18.1 Å². The molecule has 2 aromatic rings. The van der Waals surface area contributed by atoms with Crippen molar-refractivity contribution in [3.8, 4) is 5.82 Å². The Labute approximate surface area is 84.2 Å². The summed E-state index contributed by atoms with van der Waals surface area (Å²) in [6.07, 6.45) is 2.91. The Morgan fingerprint density at radius 3 is 2.67 bits per heavy atom. The first-order chi connectivity index (χ1) is 7.25. The van der Waals surface area contributed by atoms with Crippen LogP contribution in [0.3, 0.4) is 0 Å². The Bertz CT molecular complexity index is 412. The lowest BCUT2D eigenvalue weighted by molar-refractivity contribution is -0.0388. The number of nitrogens with zero attached hydrogens (tertiary/aromatic N) is 6. The maximum absolute atomic E-state index is 8.71. The number of aromatic nitrogens is 6. The van der Waals surface area contributed by atoms with Gasteiger partial charge < -0.3 is 10.2 Å². The first kappa shape index (κ1) is 9.62. The maximum atomic E-state index is 8.71. The summed E-state index contributed by atoms with van der Waals surface area (Å²) in [5.41, 5.74) is 0.488. The molecule has 0 saturated heterocycles. The van der Waals surface area contributed by atoms with Crippen LogP contribution in [-0.4, -0.2) is 46.7 Å². The molecule has 0 fully saturated rings. The highest BCUT2D eigenvalue weighted by atomic mass is 16.5. The van der Waals surface area contributed by atoms with Crippen molar-refractivity contribution in [2.75, 3.05) is 0 Å². The van der Waals surface area contributed by atoms with Crippen molar-refractivity contribution in [3.05, 3.63) is 24.4 Å². The number of tetrazole rings is 1. The molecule has 15 heavy (non-hydrogen) atoms. The molecule has 0 saturated carbocycles. The number of hydrogen-bond acceptors (Lipinski definition) is 7. The van der Waals surface area contributed by atoms with E-state index in [-0.39, 0.29) is 6.42 Å². The summed E-state index contributed by atoms with van der Waals surface area (Å²) in [4.78, 5) is 7.99. The summed E-state index contributed by atoms with van der Waals surface area (Å²) in [6, 6.07) is 0. The lowest BCUT2D eigenvalue weighted by atomic mass is 10.3. The van der Waals surface area contributed by atoms with Crippen molar-refractivity contribution in [3.63, 3.8) is 0 Å². The van der Waals surface area contributed by atoms with E-state index in [9.17, 15) is 0 Å². The normalized spacial score (nSPS) is 10.9. The van der Waals surface area contributed by atoms with Crippen LogP contribution in [0, 0.1) is 0 Å². The molecule has 0 spiro atoms. The van der Waals surface area contributed by atoms with Crippen molar-refractivity contribution in [2.45, 2.75) is 12.7 Å². The number of hydrogen-bond donors (Lipinski definition) is 2. The van der Waals surface area contributed by atoms with Crippen molar-refractivity contribution in [2.24, 2.45) is 0 Å². The average Bonchev–Trinajstić information content (AvgIpc) is 2.71. The van der Waals surface area contributed by atoms with Gasteiger partial charge in [-0.25, -0.2) is 4.98 Å². The average molecular weight is 208 g/mol. The van der Waals surface area contributed by atoms with Gasteiger partial charge in [-0.05, 0) is 10.4 Å². The molecule has 0 aliphatic heterocycles. The minimum Gasteiger partial charge on any atom is -0.368 e. The summed E-state index contributed by atoms with van der Waals surface area (Å²) in [5, 5.41) is 28.0. The zero-order valence-corrected chi connectivity index (χ0v) is 7.59. The van der Waals surface area contributed by atoms with Crippen LogP contribution < -0.4 is 0 Å². The second-order valence-corrected chi connectivity index (χ2v) is 2.81. The minimum atomic E-state index is -1.42. The summed E-state index contributed by atoms with van der Waals surface area (Å²) in [6.45, 7) is 0. The molecular formula is C7H8N6O2. The molecule has 78 valence electrons. The van der Waals surface area contributed by atoms with Crippen LogP contribution in [0.15, 0.2) is 18.7 Å². The number of rotatable bonds is 3. The molecule has 2 aromatic heterocycles. The number of aliphatic hydroxyl groups excluding tert-OH is 1. The van der Waals surface area contributed by atoms with E-state index in [4.69, 9.17) is 10.2 Å². The smallest absolute Gasteiger partial charge is 0.175 e. The summed E-state index contributed by atoms with van der Waals surface area (Å²) >= 11 is 0. The Morgan fingerprint density at radius 1 is 1.27 bits per heavy atom. The van der Waals surface area contributed by atoms with Gasteiger partial charge in [0.2, 0.25) is 0 Å². The lowest BCUT2D eigenvalue weighted by Crippen LogP contribution is -2.10. The molecule has 8 nitrogen and oxygen atoms in total. The molecule has 8 heteroatoms. The first-order valence-electron chi connectivity index (χ1n) is 4.16. The molecule has 0 aromatic carbocycles. The fraction of sp³-hybridized carbons (Fsp3) is 0.286. The van der Waals surface area contributed by atoms with E-state index in [1.54, 1.807) is 0 Å². The zero-order chi connectivity index (χ0) is 10.7. The van der Waals surface area contributed by atoms with E-state index < -0.39 is 6.29 Å². The highest BCUT2D eigenvalue weighted by Crippen LogP contribution is 2.01. The van der Waals surface area contributed by atoms with Gasteiger partial charge in [-0.1, -0.05) is 0 Å².